The van der Waals surface area contributed by atoms with Crippen molar-refractivity contribution in [2.24, 2.45) is 10.7 Å². The SMILES string of the molecule is C[C@]1(c2nc(CC(=O)c3ncc(C#CCO)cc3N)ccc2F)N=C(N)OCC1(F)F. The van der Waals surface area contributed by atoms with Crippen LogP contribution in [0.1, 0.15) is 34.4 Å². The Labute approximate surface area is 175 Å². The minimum Gasteiger partial charge on any atom is -0.459 e. The lowest BCUT2D eigenvalue weighted by Crippen LogP contribution is -2.51. The second-order valence-electron chi connectivity index (χ2n) is 6.87. The van der Waals surface area contributed by atoms with E-state index in [4.69, 9.17) is 16.6 Å². The summed E-state index contributed by atoms with van der Waals surface area (Å²) in [7, 11) is 0. The topological polar surface area (TPSA) is 137 Å². The average Bonchev–Trinajstić information content (AvgIpc) is 2.71. The molecule has 0 radical (unpaired) electrons. The zero-order chi connectivity index (χ0) is 22.8. The number of Topliss-reactive ketones (excluding diaryl/α,β-unsaturated/α-hetero) is 1. The fraction of sp³-hybridized carbons (Fsp3) is 0.300. The van der Waals surface area contributed by atoms with Gasteiger partial charge in [-0.15, -0.1) is 0 Å². The van der Waals surface area contributed by atoms with Gasteiger partial charge in [-0.3, -0.25) is 9.78 Å². The van der Waals surface area contributed by atoms with Crippen LogP contribution >= 0.6 is 0 Å². The maximum absolute atomic E-state index is 14.5. The Morgan fingerprint density at radius 3 is 2.77 bits per heavy atom. The number of nitrogens with two attached hydrogens (primary N) is 2. The van der Waals surface area contributed by atoms with Gasteiger partial charge in [0.2, 0.25) is 0 Å². The van der Waals surface area contributed by atoms with Crippen molar-refractivity contribution in [2.45, 2.75) is 24.8 Å². The number of nitrogen functional groups attached to an aromatic ring is 1. The molecule has 11 heteroatoms. The first-order valence-electron chi connectivity index (χ1n) is 8.97. The molecule has 0 spiro atoms. The zero-order valence-electron chi connectivity index (χ0n) is 16.3. The number of aliphatic hydroxyl groups is 1. The van der Waals surface area contributed by atoms with Gasteiger partial charge in [0, 0.05) is 17.5 Å². The van der Waals surface area contributed by atoms with Crippen molar-refractivity contribution in [1.29, 1.82) is 0 Å². The number of amidine groups is 1. The van der Waals surface area contributed by atoms with Crippen molar-refractivity contribution in [2.75, 3.05) is 18.9 Å². The Hall–Kier alpha value is -3.65. The van der Waals surface area contributed by atoms with Crippen LogP contribution in [-0.2, 0) is 16.7 Å². The number of rotatable bonds is 4. The molecule has 3 rings (SSSR count). The van der Waals surface area contributed by atoms with Gasteiger partial charge in [0.1, 0.15) is 23.8 Å². The summed E-state index contributed by atoms with van der Waals surface area (Å²) in [6, 6.07) is 3.02. The number of alkyl halides is 2. The summed E-state index contributed by atoms with van der Waals surface area (Å²) in [5.74, 6) is -0.148. The number of halogens is 3. The highest BCUT2D eigenvalue weighted by molar-refractivity contribution is 6.00. The third-order valence-electron chi connectivity index (χ3n) is 4.65. The number of ketones is 1. The minimum absolute atomic E-state index is 0.0176. The Morgan fingerprint density at radius 2 is 2.10 bits per heavy atom. The van der Waals surface area contributed by atoms with Crippen LogP contribution < -0.4 is 11.5 Å². The first-order chi connectivity index (χ1) is 14.6. The van der Waals surface area contributed by atoms with Gasteiger partial charge in [-0.25, -0.2) is 14.4 Å². The number of carbonyl (C=O) groups is 1. The fourth-order valence-corrected chi connectivity index (χ4v) is 2.96. The van der Waals surface area contributed by atoms with Gasteiger partial charge in [-0.2, -0.15) is 8.78 Å². The van der Waals surface area contributed by atoms with Crippen LogP contribution in [0.4, 0.5) is 18.9 Å². The van der Waals surface area contributed by atoms with E-state index in [1.165, 1.54) is 18.3 Å². The van der Waals surface area contributed by atoms with Crippen LogP contribution in [0.3, 0.4) is 0 Å². The van der Waals surface area contributed by atoms with Gasteiger partial charge >= 0.3 is 5.92 Å². The second-order valence-corrected chi connectivity index (χ2v) is 6.87. The normalized spacial score (nSPS) is 19.6. The summed E-state index contributed by atoms with van der Waals surface area (Å²) < 4.78 is 48.1. The summed E-state index contributed by atoms with van der Waals surface area (Å²) >= 11 is 0. The van der Waals surface area contributed by atoms with Gasteiger partial charge in [-0.1, -0.05) is 11.8 Å². The molecule has 162 valence electrons. The Kier molecular flexibility index (Phi) is 5.85. The van der Waals surface area contributed by atoms with Crippen LogP contribution in [0.25, 0.3) is 0 Å². The molecule has 0 saturated heterocycles. The maximum Gasteiger partial charge on any atom is 0.311 e. The van der Waals surface area contributed by atoms with Crippen molar-refractivity contribution < 1.29 is 27.8 Å². The lowest BCUT2D eigenvalue weighted by atomic mass is 9.88. The van der Waals surface area contributed by atoms with Crippen LogP contribution in [0.2, 0.25) is 0 Å². The summed E-state index contributed by atoms with van der Waals surface area (Å²) in [6.07, 6.45) is 0.931. The van der Waals surface area contributed by atoms with Crippen molar-refractivity contribution in [3.05, 3.63) is 52.9 Å². The smallest absolute Gasteiger partial charge is 0.311 e. The van der Waals surface area contributed by atoms with E-state index in [0.717, 1.165) is 13.0 Å². The van der Waals surface area contributed by atoms with E-state index in [9.17, 15) is 18.0 Å². The summed E-state index contributed by atoms with van der Waals surface area (Å²) in [5, 5.41) is 8.72. The highest BCUT2D eigenvalue weighted by atomic mass is 19.3. The molecule has 1 aliphatic rings. The molecule has 8 nitrogen and oxygen atoms in total. The van der Waals surface area contributed by atoms with E-state index in [-0.39, 0.29) is 30.1 Å². The molecule has 0 amide bonds. The Balaban J connectivity index is 1.92. The van der Waals surface area contributed by atoms with Gasteiger partial charge in [0.05, 0.1) is 12.1 Å². The Morgan fingerprint density at radius 1 is 1.35 bits per heavy atom. The molecule has 0 saturated carbocycles. The molecule has 3 heterocycles. The van der Waals surface area contributed by atoms with E-state index in [1.54, 1.807) is 0 Å². The van der Waals surface area contributed by atoms with Crippen LogP contribution in [-0.4, -0.2) is 46.0 Å². The second kappa shape index (κ2) is 8.23. The fourth-order valence-electron chi connectivity index (χ4n) is 2.96. The van der Waals surface area contributed by atoms with Gasteiger partial charge in [-0.05, 0) is 25.1 Å². The monoisotopic (exact) mass is 433 g/mol. The largest absolute Gasteiger partial charge is 0.459 e. The molecule has 0 bridgehead atoms. The average molecular weight is 433 g/mol. The summed E-state index contributed by atoms with van der Waals surface area (Å²) in [4.78, 5) is 24.1. The first-order valence-corrected chi connectivity index (χ1v) is 8.97. The molecular formula is C20H18F3N5O3. The molecule has 0 unspecified atom stereocenters. The molecule has 5 N–H and O–H groups in total. The predicted molar refractivity (Wildman–Crippen MR) is 105 cm³/mol. The molecule has 0 fully saturated rings. The molecule has 31 heavy (non-hydrogen) atoms. The maximum atomic E-state index is 14.5. The molecule has 2 aromatic heterocycles. The third kappa shape index (κ3) is 4.29. The number of pyridine rings is 2. The molecule has 2 aromatic rings. The van der Waals surface area contributed by atoms with E-state index in [1.807, 2.05) is 0 Å². The van der Waals surface area contributed by atoms with Crippen molar-refractivity contribution in [3.63, 3.8) is 0 Å². The Bertz CT molecular complexity index is 1130. The number of aliphatic imine (C=N–C) groups is 1. The highest BCUT2D eigenvalue weighted by Gasteiger charge is 2.57. The lowest BCUT2D eigenvalue weighted by molar-refractivity contribution is -0.118. The van der Waals surface area contributed by atoms with Crippen molar-refractivity contribution in [1.82, 2.24) is 9.97 Å². The number of hydrogen-bond acceptors (Lipinski definition) is 8. The minimum atomic E-state index is -3.59. The van der Waals surface area contributed by atoms with Gasteiger partial charge in [0.15, 0.2) is 17.9 Å². The number of carbonyl (C=O) groups excluding carboxylic acids is 1. The number of aromatic nitrogens is 2. The number of hydrogen-bond donors (Lipinski definition) is 3. The summed E-state index contributed by atoms with van der Waals surface area (Å²) in [5.41, 5.74) is 8.57. The van der Waals surface area contributed by atoms with E-state index in [0.29, 0.717) is 5.56 Å². The zero-order valence-corrected chi connectivity index (χ0v) is 16.3. The number of aliphatic hydroxyl groups excluding tert-OH is 1. The standard InChI is InChI=1S/C20H18F3N5O3/c1-19(20(22,23)10-31-18(25)28-19)17-13(21)5-4-12(27-17)8-15(30)16-14(24)7-11(9-26-16)3-2-6-29/h4-5,7,9,29H,6,8,10,24H2,1H3,(H2,25,28)/t19-/m1/s1. The third-order valence-corrected chi connectivity index (χ3v) is 4.65. The van der Waals surface area contributed by atoms with E-state index in [2.05, 4.69) is 31.5 Å². The van der Waals surface area contributed by atoms with Crippen LogP contribution in [0, 0.1) is 17.7 Å². The highest BCUT2D eigenvalue weighted by Crippen LogP contribution is 2.43. The van der Waals surface area contributed by atoms with Gasteiger partial charge in [0.25, 0.3) is 6.02 Å². The molecule has 1 atom stereocenters. The van der Waals surface area contributed by atoms with E-state index < -0.39 is 41.4 Å². The first kappa shape index (κ1) is 22.0. The number of nitrogens with zero attached hydrogens (tertiary/aromatic N) is 3. The number of ether oxygens (including phenoxy) is 1. The molecule has 0 aromatic carbocycles. The van der Waals surface area contributed by atoms with Crippen molar-refractivity contribution in [3.8, 4) is 11.8 Å². The molecule has 0 aliphatic carbocycles. The lowest BCUT2D eigenvalue weighted by Gasteiger charge is -2.36. The van der Waals surface area contributed by atoms with Crippen LogP contribution in [0.5, 0.6) is 0 Å². The van der Waals surface area contributed by atoms with E-state index >= 15 is 0 Å². The molecule has 1 aliphatic heterocycles. The van der Waals surface area contributed by atoms with Crippen molar-refractivity contribution >= 4 is 17.5 Å². The number of anilines is 1. The van der Waals surface area contributed by atoms with Gasteiger partial charge < -0.3 is 21.3 Å². The molecular weight excluding hydrogens is 415 g/mol. The summed E-state index contributed by atoms with van der Waals surface area (Å²) in [6.45, 7) is -0.445. The van der Waals surface area contributed by atoms with Crippen LogP contribution in [0.15, 0.2) is 29.4 Å². The predicted octanol–water partition coefficient (Wildman–Crippen LogP) is 1.16. The quantitative estimate of drug-likeness (QED) is 0.486.